The summed E-state index contributed by atoms with van der Waals surface area (Å²) in [5, 5.41) is 57.0. The molecule has 0 bridgehead atoms. The lowest BCUT2D eigenvalue weighted by Crippen LogP contribution is -2.61. The fraction of sp³-hybridized carbons (Fsp3) is 0.761. The van der Waals surface area contributed by atoms with E-state index in [1.807, 2.05) is 6.08 Å². The lowest BCUT2D eigenvalue weighted by Gasteiger charge is -2.41. The van der Waals surface area contributed by atoms with Crippen molar-refractivity contribution in [2.75, 3.05) is 13.2 Å². The molecular weight excluding hydrogens is 979 g/mol. The molecule has 11 heteroatoms. The van der Waals surface area contributed by atoms with E-state index in [0.717, 1.165) is 135 Å². The predicted octanol–water partition coefficient (Wildman–Crippen LogP) is 15.3. The Morgan fingerprint density at radius 2 is 0.923 bits per heavy atom. The first-order valence-electron chi connectivity index (χ1n) is 31.9. The molecule has 1 heterocycles. The number of allylic oxidation sites excluding steroid dienone is 13. The number of amides is 1. The van der Waals surface area contributed by atoms with Crippen LogP contribution in [-0.4, -0.2) is 99.6 Å². The van der Waals surface area contributed by atoms with E-state index in [9.17, 15) is 35.1 Å². The van der Waals surface area contributed by atoms with Crippen LogP contribution in [0.3, 0.4) is 0 Å². The van der Waals surface area contributed by atoms with E-state index in [1.165, 1.54) is 83.5 Å². The van der Waals surface area contributed by atoms with Crippen LogP contribution in [0.25, 0.3) is 0 Å². The second-order valence-corrected chi connectivity index (χ2v) is 21.8. The highest BCUT2D eigenvalue weighted by molar-refractivity contribution is 5.80. The van der Waals surface area contributed by atoms with Crippen LogP contribution < -0.4 is 5.32 Å². The van der Waals surface area contributed by atoms with Crippen molar-refractivity contribution in [3.8, 4) is 0 Å². The van der Waals surface area contributed by atoms with Crippen LogP contribution in [0.15, 0.2) is 85.1 Å². The van der Waals surface area contributed by atoms with Gasteiger partial charge in [0.1, 0.15) is 24.4 Å². The average Bonchev–Trinajstić information content (AvgIpc) is 3.44. The SMILES string of the molecule is CC/C=C/C/C=C/CCCCCCCCC(O)C(=O)NC(COC1OC(CO)C(O)C(O)C1OC(=O)CCCCCCCCC/C=C\C/C=C\C/C=C\C/C=C\CCCCC)C(O)/C=C/CCCCCCCCCCCCC. The van der Waals surface area contributed by atoms with Crippen molar-refractivity contribution < 1.29 is 49.3 Å². The molecule has 0 saturated carbocycles. The summed E-state index contributed by atoms with van der Waals surface area (Å²) in [7, 11) is 0. The molecule has 0 spiro atoms. The zero-order valence-corrected chi connectivity index (χ0v) is 49.8. The summed E-state index contributed by atoms with van der Waals surface area (Å²) in [4.78, 5) is 26.6. The smallest absolute Gasteiger partial charge is 0.306 e. The number of rotatable bonds is 53. The van der Waals surface area contributed by atoms with E-state index in [4.69, 9.17) is 14.2 Å². The number of hydrogen-bond donors (Lipinski definition) is 6. The monoisotopic (exact) mass is 1100 g/mol. The molecule has 8 unspecified atom stereocenters. The molecule has 1 saturated heterocycles. The van der Waals surface area contributed by atoms with E-state index >= 15 is 0 Å². The van der Waals surface area contributed by atoms with Gasteiger partial charge >= 0.3 is 5.97 Å². The molecule has 78 heavy (non-hydrogen) atoms. The van der Waals surface area contributed by atoms with Gasteiger partial charge in [0.2, 0.25) is 5.91 Å². The largest absolute Gasteiger partial charge is 0.454 e. The topological polar surface area (TPSA) is 175 Å². The van der Waals surface area contributed by atoms with Crippen molar-refractivity contribution in [2.24, 2.45) is 0 Å². The summed E-state index contributed by atoms with van der Waals surface area (Å²) in [6.45, 7) is 5.64. The zero-order chi connectivity index (χ0) is 56.8. The Morgan fingerprint density at radius 1 is 0.513 bits per heavy atom. The van der Waals surface area contributed by atoms with Crippen molar-refractivity contribution >= 4 is 11.9 Å². The molecule has 0 aromatic carbocycles. The molecule has 1 rings (SSSR count). The predicted molar refractivity (Wildman–Crippen MR) is 324 cm³/mol. The van der Waals surface area contributed by atoms with E-state index in [0.29, 0.717) is 12.8 Å². The lowest BCUT2D eigenvalue weighted by molar-refractivity contribution is -0.305. The first-order valence-corrected chi connectivity index (χ1v) is 31.9. The van der Waals surface area contributed by atoms with Gasteiger partial charge in [0.15, 0.2) is 12.4 Å². The highest BCUT2D eigenvalue weighted by Crippen LogP contribution is 2.26. The summed E-state index contributed by atoms with van der Waals surface area (Å²) < 4.78 is 17.6. The van der Waals surface area contributed by atoms with Crippen LogP contribution >= 0.6 is 0 Å². The van der Waals surface area contributed by atoms with Gasteiger partial charge in [-0.05, 0) is 96.3 Å². The Balaban J connectivity index is 2.65. The van der Waals surface area contributed by atoms with Crippen LogP contribution in [0.1, 0.15) is 265 Å². The van der Waals surface area contributed by atoms with Crippen LogP contribution in [0, 0.1) is 0 Å². The highest BCUT2D eigenvalue weighted by atomic mass is 16.7. The summed E-state index contributed by atoms with van der Waals surface area (Å²) in [6.07, 6.45) is 60.4. The normalized spacial score (nSPS) is 19.5. The molecule has 1 amide bonds. The van der Waals surface area contributed by atoms with E-state index in [-0.39, 0.29) is 19.4 Å². The zero-order valence-electron chi connectivity index (χ0n) is 49.8. The van der Waals surface area contributed by atoms with Gasteiger partial charge < -0.3 is 45.1 Å². The number of ether oxygens (including phenoxy) is 3. The van der Waals surface area contributed by atoms with Gasteiger partial charge in [-0.25, -0.2) is 0 Å². The van der Waals surface area contributed by atoms with Crippen LogP contribution in [0.4, 0.5) is 0 Å². The maximum Gasteiger partial charge on any atom is 0.306 e. The lowest BCUT2D eigenvalue weighted by atomic mass is 9.99. The molecule has 450 valence electrons. The molecule has 0 aromatic heterocycles. The number of carbonyl (C=O) groups is 2. The molecule has 0 aliphatic carbocycles. The van der Waals surface area contributed by atoms with Crippen molar-refractivity contribution in [1.82, 2.24) is 5.32 Å². The number of nitrogens with one attached hydrogen (secondary N) is 1. The molecule has 1 aliphatic heterocycles. The first-order chi connectivity index (χ1) is 38.2. The second kappa shape index (κ2) is 54.4. The van der Waals surface area contributed by atoms with Crippen LogP contribution in [0.2, 0.25) is 0 Å². The average molecular weight is 1100 g/mol. The Labute approximate surface area is 476 Å². The Bertz CT molecular complexity index is 1590. The number of unbranched alkanes of at least 4 members (excludes halogenated alkanes) is 27. The minimum atomic E-state index is -1.62. The molecule has 1 aliphatic rings. The van der Waals surface area contributed by atoms with E-state index < -0.39 is 67.4 Å². The van der Waals surface area contributed by atoms with Crippen LogP contribution in [-0.2, 0) is 23.8 Å². The van der Waals surface area contributed by atoms with Gasteiger partial charge in [0.25, 0.3) is 0 Å². The Hall–Kier alpha value is -3.16. The minimum Gasteiger partial charge on any atom is -0.454 e. The highest BCUT2D eigenvalue weighted by Gasteiger charge is 2.47. The molecule has 0 aromatic rings. The maximum atomic E-state index is 13.4. The number of esters is 1. The van der Waals surface area contributed by atoms with Crippen molar-refractivity contribution in [2.45, 2.75) is 314 Å². The van der Waals surface area contributed by atoms with Gasteiger partial charge in [-0.15, -0.1) is 0 Å². The second-order valence-electron chi connectivity index (χ2n) is 21.8. The van der Waals surface area contributed by atoms with Crippen LogP contribution in [0.5, 0.6) is 0 Å². The van der Waals surface area contributed by atoms with Gasteiger partial charge in [-0.3, -0.25) is 9.59 Å². The molecule has 6 N–H and O–H groups in total. The van der Waals surface area contributed by atoms with Crippen molar-refractivity contribution in [3.63, 3.8) is 0 Å². The Kier molecular flexibility index (Phi) is 50.8. The quantitative estimate of drug-likeness (QED) is 0.0195. The fourth-order valence-corrected chi connectivity index (χ4v) is 9.50. The Morgan fingerprint density at radius 3 is 1.41 bits per heavy atom. The number of carbonyl (C=O) groups excluding carboxylic acids is 2. The van der Waals surface area contributed by atoms with Crippen molar-refractivity contribution in [3.05, 3.63) is 85.1 Å². The third-order valence-electron chi connectivity index (χ3n) is 14.5. The molecular formula is C67H117NO10. The van der Waals surface area contributed by atoms with Gasteiger partial charge in [-0.1, -0.05) is 247 Å². The summed E-state index contributed by atoms with van der Waals surface area (Å²) in [6, 6.07) is -1.03. The van der Waals surface area contributed by atoms with E-state index in [2.05, 4.69) is 99.0 Å². The number of aliphatic hydroxyl groups is 5. The number of hydrogen-bond acceptors (Lipinski definition) is 10. The molecule has 8 atom stereocenters. The molecule has 0 radical (unpaired) electrons. The van der Waals surface area contributed by atoms with Crippen molar-refractivity contribution in [1.29, 1.82) is 0 Å². The summed E-state index contributed by atoms with van der Waals surface area (Å²) in [5.74, 6) is -1.22. The van der Waals surface area contributed by atoms with Gasteiger partial charge in [0.05, 0.1) is 25.4 Å². The third kappa shape index (κ3) is 41.8. The van der Waals surface area contributed by atoms with Gasteiger partial charge in [0, 0.05) is 6.42 Å². The maximum absolute atomic E-state index is 13.4. The molecule has 11 nitrogen and oxygen atoms in total. The summed E-state index contributed by atoms with van der Waals surface area (Å²) in [5.41, 5.74) is 0. The number of aliphatic hydroxyl groups excluding tert-OH is 5. The third-order valence-corrected chi connectivity index (χ3v) is 14.5. The minimum absolute atomic E-state index is 0.107. The molecule has 1 fully saturated rings. The first kappa shape index (κ1) is 72.9. The fourth-order valence-electron chi connectivity index (χ4n) is 9.50. The standard InChI is InChI=1S/C67H117NO10/c1-4-7-10-13-16-19-22-25-26-27-28-29-30-31-32-33-34-37-40-43-46-49-52-55-62(72)78-65-64(74)63(73)61(56-69)77-67(65)76-57-58(59(70)53-50-47-44-41-38-35-23-20-17-14-11-8-5-2)68-66(75)60(71)54-51-48-45-42-39-36-24-21-18-15-12-9-6-3/h9,12,16,18-19,21,25-26,28-29,31-32,50,53,58-61,63-65,67,69-71,73-74H,4-8,10-11,13-15,17,20,22-24,27,30,33-49,51-52,54-57H2,1-3H3,(H,68,75)/b12-9+,19-16-,21-18+,26-25-,29-28-,32-31-,53-50+. The summed E-state index contributed by atoms with van der Waals surface area (Å²) >= 11 is 0. The van der Waals surface area contributed by atoms with E-state index in [1.54, 1.807) is 6.08 Å². The van der Waals surface area contributed by atoms with Gasteiger partial charge in [-0.2, -0.15) is 0 Å².